The van der Waals surface area contributed by atoms with E-state index in [9.17, 15) is 8.42 Å². The average molecular weight is 250 g/mol. The number of nitrogens with two attached hydrogens (primary N) is 1. The normalized spacial score (nSPS) is 11.6. The van der Waals surface area contributed by atoms with Crippen molar-refractivity contribution in [3.63, 3.8) is 0 Å². The molecule has 0 atom stereocenters. The fourth-order valence-electron chi connectivity index (χ4n) is 1.65. The van der Waals surface area contributed by atoms with Crippen molar-refractivity contribution in [2.75, 3.05) is 0 Å². The summed E-state index contributed by atoms with van der Waals surface area (Å²) >= 11 is 0. The lowest BCUT2D eigenvalue weighted by molar-refractivity contribution is 0.587. The summed E-state index contributed by atoms with van der Waals surface area (Å²) in [6.07, 6.45) is 3.06. The van der Waals surface area contributed by atoms with Crippen molar-refractivity contribution in [1.82, 2.24) is 3.97 Å². The summed E-state index contributed by atoms with van der Waals surface area (Å²) in [5.74, 6) is 0. The van der Waals surface area contributed by atoms with Crippen molar-refractivity contribution < 1.29 is 8.42 Å². The Bertz CT molecular complexity index is 629. The molecule has 0 saturated heterocycles. The van der Waals surface area contributed by atoms with Crippen LogP contribution in [0.5, 0.6) is 0 Å². The summed E-state index contributed by atoms with van der Waals surface area (Å²) < 4.78 is 25.8. The Morgan fingerprint density at radius 3 is 2.53 bits per heavy atom. The molecule has 2 rings (SSSR count). The lowest BCUT2D eigenvalue weighted by Gasteiger charge is -2.08. The third-order valence-corrected chi connectivity index (χ3v) is 4.41. The molecular formula is C12H14N2O2S. The molecule has 0 aliphatic carbocycles. The fraction of sp³-hybridized carbons (Fsp3) is 0.167. The van der Waals surface area contributed by atoms with Gasteiger partial charge in [-0.3, -0.25) is 0 Å². The Labute approximate surface area is 101 Å². The fourth-order valence-corrected chi connectivity index (χ4v) is 3.10. The minimum atomic E-state index is -3.50. The van der Waals surface area contributed by atoms with Gasteiger partial charge in [-0.15, -0.1) is 0 Å². The van der Waals surface area contributed by atoms with Gasteiger partial charge in [-0.05, 0) is 30.2 Å². The lowest BCUT2D eigenvalue weighted by Crippen LogP contribution is -2.12. The molecule has 17 heavy (non-hydrogen) atoms. The van der Waals surface area contributed by atoms with Gasteiger partial charge in [-0.2, -0.15) is 0 Å². The van der Waals surface area contributed by atoms with Gasteiger partial charge >= 0.3 is 0 Å². The molecule has 2 N–H and O–H groups in total. The Balaban J connectivity index is 2.54. The molecule has 0 fully saturated rings. The van der Waals surface area contributed by atoms with Crippen LogP contribution in [0.4, 0.5) is 0 Å². The van der Waals surface area contributed by atoms with Gasteiger partial charge in [0.1, 0.15) is 0 Å². The Morgan fingerprint density at radius 1 is 1.24 bits per heavy atom. The molecule has 0 bridgehead atoms. The summed E-state index contributed by atoms with van der Waals surface area (Å²) in [7, 11) is -3.50. The highest BCUT2D eigenvalue weighted by atomic mass is 32.2. The molecule has 1 aromatic carbocycles. The van der Waals surface area contributed by atoms with E-state index < -0.39 is 10.0 Å². The molecule has 1 aromatic heterocycles. The molecule has 0 amide bonds. The molecule has 5 heteroatoms. The Morgan fingerprint density at radius 2 is 1.94 bits per heavy atom. The minimum absolute atomic E-state index is 0.319. The van der Waals surface area contributed by atoms with Gasteiger partial charge in [0.05, 0.1) is 4.90 Å². The summed E-state index contributed by atoms with van der Waals surface area (Å²) in [5, 5.41) is 0. The van der Waals surface area contributed by atoms with Crippen molar-refractivity contribution in [3.8, 4) is 0 Å². The van der Waals surface area contributed by atoms with E-state index >= 15 is 0 Å². The van der Waals surface area contributed by atoms with Crippen LogP contribution < -0.4 is 5.73 Å². The number of hydrogen-bond acceptors (Lipinski definition) is 3. The summed E-state index contributed by atoms with van der Waals surface area (Å²) in [5.41, 5.74) is 6.99. The van der Waals surface area contributed by atoms with E-state index in [1.807, 2.05) is 6.07 Å². The largest absolute Gasteiger partial charge is 0.326 e. The molecule has 2 aromatic rings. The predicted octanol–water partition coefficient (Wildman–Crippen LogP) is 1.49. The van der Waals surface area contributed by atoms with Gasteiger partial charge in [-0.1, -0.05) is 18.2 Å². The van der Waals surface area contributed by atoms with E-state index in [-0.39, 0.29) is 0 Å². The molecule has 90 valence electrons. The first-order chi connectivity index (χ1) is 8.05. The topological polar surface area (TPSA) is 65.1 Å². The summed E-state index contributed by atoms with van der Waals surface area (Å²) in [6, 6.07) is 8.62. The number of benzene rings is 1. The number of hydrogen-bond donors (Lipinski definition) is 1. The number of rotatable bonds is 3. The Kier molecular flexibility index (Phi) is 3.04. The SMILES string of the molecule is Cc1ccccc1S(=O)(=O)n1ccc(CN)c1. The Hall–Kier alpha value is -1.59. The van der Waals surface area contributed by atoms with Crippen LogP contribution in [0, 0.1) is 6.92 Å². The average Bonchev–Trinajstić information content (AvgIpc) is 2.78. The lowest BCUT2D eigenvalue weighted by atomic mass is 10.2. The van der Waals surface area contributed by atoms with Gasteiger partial charge < -0.3 is 5.73 Å². The molecule has 0 aliphatic heterocycles. The first-order valence-electron chi connectivity index (χ1n) is 5.24. The second-order valence-corrected chi connectivity index (χ2v) is 5.64. The van der Waals surface area contributed by atoms with Gasteiger partial charge in [0.15, 0.2) is 0 Å². The maximum absolute atomic E-state index is 12.3. The zero-order chi connectivity index (χ0) is 12.5. The number of aryl methyl sites for hydroxylation is 1. The van der Waals surface area contributed by atoms with Crippen LogP contribution >= 0.6 is 0 Å². The highest BCUT2D eigenvalue weighted by Gasteiger charge is 2.18. The highest BCUT2D eigenvalue weighted by Crippen LogP contribution is 2.18. The molecule has 4 nitrogen and oxygen atoms in total. The first-order valence-corrected chi connectivity index (χ1v) is 6.68. The van der Waals surface area contributed by atoms with Crippen molar-refractivity contribution in [2.45, 2.75) is 18.4 Å². The number of aromatic nitrogens is 1. The van der Waals surface area contributed by atoms with Crippen molar-refractivity contribution >= 4 is 10.0 Å². The van der Waals surface area contributed by atoms with E-state index in [0.717, 1.165) is 11.1 Å². The third kappa shape index (κ3) is 2.11. The molecule has 0 unspecified atom stereocenters. The zero-order valence-electron chi connectivity index (χ0n) is 9.50. The second kappa shape index (κ2) is 4.35. The molecule has 0 saturated carbocycles. The standard InChI is InChI=1S/C12H14N2O2S/c1-10-4-2-3-5-12(10)17(15,16)14-7-6-11(8-13)9-14/h2-7,9H,8,13H2,1H3. The summed E-state index contributed by atoms with van der Waals surface area (Å²) in [4.78, 5) is 0.319. The van der Waals surface area contributed by atoms with E-state index in [1.165, 1.54) is 10.2 Å². The molecule has 1 heterocycles. The highest BCUT2D eigenvalue weighted by molar-refractivity contribution is 7.90. The summed E-state index contributed by atoms with van der Waals surface area (Å²) in [6.45, 7) is 2.11. The molecule has 0 spiro atoms. The van der Waals surface area contributed by atoms with Crippen molar-refractivity contribution in [3.05, 3.63) is 53.9 Å². The van der Waals surface area contributed by atoms with Crippen LogP contribution in [-0.4, -0.2) is 12.4 Å². The van der Waals surface area contributed by atoms with E-state index in [4.69, 9.17) is 5.73 Å². The predicted molar refractivity (Wildman–Crippen MR) is 66.1 cm³/mol. The second-order valence-electron chi connectivity index (χ2n) is 3.82. The van der Waals surface area contributed by atoms with Crippen LogP contribution in [0.15, 0.2) is 47.6 Å². The number of nitrogens with zero attached hydrogens (tertiary/aromatic N) is 1. The van der Waals surface area contributed by atoms with Crippen LogP contribution in [0.25, 0.3) is 0 Å². The minimum Gasteiger partial charge on any atom is -0.326 e. The van der Waals surface area contributed by atoms with E-state index in [1.54, 1.807) is 37.4 Å². The van der Waals surface area contributed by atoms with Gasteiger partial charge in [0.25, 0.3) is 10.0 Å². The monoisotopic (exact) mass is 250 g/mol. The van der Waals surface area contributed by atoms with Crippen molar-refractivity contribution in [2.24, 2.45) is 5.73 Å². The van der Waals surface area contributed by atoms with E-state index in [2.05, 4.69) is 0 Å². The van der Waals surface area contributed by atoms with Gasteiger partial charge in [0, 0.05) is 18.9 Å². The maximum atomic E-state index is 12.3. The van der Waals surface area contributed by atoms with E-state index in [0.29, 0.717) is 11.4 Å². The molecule has 0 aliphatic rings. The van der Waals surface area contributed by atoms with Gasteiger partial charge in [-0.25, -0.2) is 12.4 Å². The van der Waals surface area contributed by atoms with Gasteiger partial charge in [0.2, 0.25) is 0 Å². The molecular weight excluding hydrogens is 236 g/mol. The smallest absolute Gasteiger partial charge is 0.267 e. The third-order valence-electron chi connectivity index (χ3n) is 2.61. The first kappa shape index (κ1) is 11.9. The molecule has 0 radical (unpaired) electrons. The van der Waals surface area contributed by atoms with Crippen LogP contribution in [-0.2, 0) is 16.6 Å². The van der Waals surface area contributed by atoms with Crippen LogP contribution in [0.1, 0.15) is 11.1 Å². The zero-order valence-corrected chi connectivity index (χ0v) is 10.3. The quantitative estimate of drug-likeness (QED) is 0.897. The maximum Gasteiger partial charge on any atom is 0.267 e. The van der Waals surface area contributed by atoms with Crippen LogP contribution in [0.2, 0.25) is 0 Å². The van der Waals surface area contributed by atoms with Crippen molar-refractivity contribution in [1.29, 1.82) is 0 Å². The van der Waals surface area contributed by atoms with Crippen LogP contribution in [0.3, 0.4) is 0 Å².